The first-order chi connectivity index (χ1) is 24.9. The number of hydrogen-bond donors (Lipinski definition) is 5. The predicted molar refractivity (Wildman–Crippen MR) is 193 cm³/mol. The van der Waals surface area contributed by atoms with Crippen molar-refractivity contribution in [2.24, 2.45) is 5.92 Å². The van der Waals surface area contributed by atoms with Gasteiger partial charge in [-0.2, -0.15) is 0 Å². The molecule has 1 aromatic heterocycles. The molecule has 0 fully saturated rings. The van der Waals surface area contributed by atoms with E-state index in [1.165, 1.54) is 17.8 Å². The third kappa shape index (κ3) is 11.9. The van der Waals surface area contributed by atoms with Gasteiger partial charge in [0.05, 0.1) is 29.8 Å². The van der Waals surface area contributed by atoms with Gasteiger partial charge in [-0.25, -0.2) is 4.98 Å². The van der Waals surface area contributed by atoms with Crippen LogP contribution in [0, 0.1) is 5.92 Å². The van der Waals surface area contributed by atoms with Crippen LogP contribution in [-0.2, 0) is 36.9 Å². The van der Waals surface area contributed by atoms with Crippen LogP contribution in [0.25, 0.3) is 10.9 Å². The summed E-state index contributed by atoms with van der Waals surface area (Å²) >= 11 is 0. The Morgan fingerprint density at radius 3 is 2.42 bits per heavy atom. The zero-order valence-electron chi connectivity index (χ0n) is 29.9. The van der Waals surface area contributed by atoms with E-state index in [1.807, 2.05) is 13.8 Å². The molecule has 0 saturated carbocycles. The highest BCUT2D eigenvalue weighted by Crippen LogP contribution is 2.15. The first kappa shape index (κ1) is 39.5. The first-order valence-electron chi connectivity index (χ1n) is 17.7. The minimum atomic E-state index is -1.26. The van der Waals surface area contributed by atoms with E-state index in [0.29, 0.717) is 61.0 Å². The number of rotatable bonds is 5. The molecule has 1 aliphatic heterocycles. The second-order valence-corrected chi connectivity index (χ2v) is 13.4. The standard InChI is InChI=1S/C37H49N7O8/c1-24(2)18-30-35(49)42-34(25(3)45)36(50)39-14-6-7-16-43(33(48)21-44-23-40-29-13-5-4-12-28(29)37(44)51)17-9-15-38-32(47)22-52-27-11-8-10-26(19-27)20-31(46)41-30/h4-5,8,10-13,19,23-25,30,34,45H,6-7,9,14-18,20-22H2,1-3H3,(H,38,47)(H,39,50)(H,41,46)(H,42,49)/t25-,30-,34+/m1/s1. The molecule has 52 heavy (non-hydrogen) atoms. The summed E-state index contributed by atoms with van der Waals surface area (Å²) in [5, 5.41) is 21.7. The molecule has 0 radical (unpaired) electrons. The van der Waals surface area contributed by atoms with Gasteiger partial charge in [0.25, 0.3) is 11.5 Å². The van der Waals surface area contributed by atoms with Crippen LogP contribution < -0.4 is 31.6 Å². The quantitative estimate of drug-likeness (QED) is 0.251. The van der Waals surface area contributed by atoms with E-state index in [2.05, 4.69) is 26.3 Å². The summed E-state index contributed by atoms with van der Waals surface area (Å²) in [7, 11) is 0. The molecule has 5 amide bonds. The van der Waals surface area contributed by atoms with E-state index in [9.17, 15) is 33.9 Å². The number of aliphatic hydroxyl groups is 1. The summed E-state index contributed by atoms with van der Waals surface area (Å²) in [5.74, 6) is -1.87. The lowest BCUT2D eigenvalue weighted by Crippen LogP contribution is -2.57. The number of ether oxygens (including phenoxy) is 1. The number of para-hydroxylation sites is 1. The van der Waals surface area contributed by atoms with Gasteiger partial charge in [-0.05, 0) is 68.4 Å². The summed E-state index contributed by atoms with van der Waals surface area (Å²) in [6, 6.07) is 11.4. The molecule has 1 aliphatic rings. The van der Waals surface area contributed by atoms with Crippen molar-refractivity contribution in [2.45, 2.75) is 77.6 Å². The largest absolute Gasteiger partial charge is 0.484 e. The smallest absolute Gasteiger partial charge is 0.261 e. The van der Waals surface area contributed by atoms with Crippen molar-refractivity contribution in [1.29, 1.82) is 0 Å². The van der Waals surface area contributed by atoms with E-state index < -0.39 is 35.9 Å². The van der Waals surface area contributed by atoms with E-state index >= 15 is 0 Å². The molecule has 4 rings (SSSR count). The van der Waals surface area contributed by atoms with Gasteiger partial charge in [0.2, 0.25) is 23.6 Å². The van der Waals surface area contributed by atoms with Gasteiger partial charge < -0.3 is 36.0 Å². The maximum absolute atomic E-state index is 13.5. The van der Waals surface area contributed by atoms with Gasteiger partial charge in [-0.1, -0.05) is 38.1 Å². The third-order valence-electron chi connectivity index (χ3n) is 8.53. The fourth-order valence-electron chi connectivity index (χ4n) is 5.81. The van der Waals surface area contributed by atoms with Crippen LogP contribution in [0.1, 0.15) is 52.0 Å². The lowest BCUT2D eigenvalue weighted by atomic mass is 10.0. The van der Waals surface area contributed by atoms with Crippen molar-refractivity contribution in [3.8, 4) is 5.75 Å². The average Bonchev–Trinajstić information content (AvgIpc) is 3.10. The Bertz CT molecular complexity index is 1780. The number of aliphatic hydroxyl groups excluding tert-OH is 1. The summed E-state index contributed by atoms with van der Waals surface area (Å²) in [5.41, 5.74) is 0.801. The summed E-state index contributed by atoms with van der Waals surface area (Å²) < 4.78 is 6.93. The van der Waals surface area contributed by atoms with Crippen molar-refractivity contribution in [2.75, 3.05) is 32.8 Å². The molecule has 0 aliphatic carbocycles. The molecular formula is C37H49N7O8. The number of aromatic nitrogens is 2. The van der Waals surface area contributed by atoms with Crippen LogP contribution in [-0.4, -0.2) is 100 Å². The molecule has 0 saturated heterocycles. The predicted octanol–water partition coefficient (Wildman–Crippen LogP) is 0.659. The molecule has 2 heterocycles. The third-order valence-corrected chi connectivity index (χ3v) is 8.53. The second-order valence-electron chi connectivity index (χ2n) is 13.4. The monoisotopic (exact) mass is 719 g/mol. The van der Waals surface area contributed by atoms with Crippen LogP contribution in [0.15, 0.2) is 59.7 Å². The zero-order chi connectivity index (χ0) is 37.6. The molecule has 0 spiro atoms. The normalized spacial score (nSPS) is 19.8. The number of benzene rings is 2. The fourth-order valence-corrected chi connectivity index (χ4v) is 5.81. The number of carbonyl (C=O) groups excluding carboxylic acids is 5. The summed E-state index contributed by atoms with van der Waals surface area (Å²) in [6.07, 6.45) is 1.75. The average molecular weight is 720 g/mol. The van der Waals surface area contributed by atoms with Gasteiger partial charge >= 0.3 is 0 Å². The molecule has 15 heteroatoms. The number of nitrogens with zero attached hydrogens (tertiary/aromatic N) is 3. The molecule has 5 N–H and O–H groups in total. The lowest BCUT2D eigenvalue weighted by molar-refractivity contribution is -0.134. The van der Waals surface area contributed by atoms with Crippen molar-refractivity contribution in [3.63, 3.8) is 0 Å². The molecule has 0 unspecified atom stereocenters. The number of amides is 5. The van der Waals surface area contributed by atoms with E-state index in [4.69, 9.17) is 4.74 Å². The van der Waals surface area contributed by atoms with Gasteiger partial charge in [-0.3, -0.25) is 33.3 Å². The number of carbonyl (C=O) groups is 5. The number of nitrogens with one attached hydrogen (secondary N) is 4. The Morgan fingerprint density at radius 2 is 1.65 bits per heavy atom. The SMILES string of the molecule is CC(C)C[C@H]1NC(=O)Cc2cccc(c2)OCC(=O)NCCCN(C(=O)Cn2cnc3ccccc3c2=O)CCCCNC(=O)[C@H]([C@@H](C)O)NC1=O. The second kappa shape index (κ2) is 19.3. The highest BCUT2D eigenvalue weighted by atomic mass is 16.5. The number of fused-ring (bicyclic) bond motifs is 3. The van der Waals surface area contributed by atoms with E-state index in [-0.39, 0.29) is 56.0 Å². The Balaban J connectivity index is 1.49. The first-order valence-corrected chi connectivity index (χ1v) is 17.7. The molecule has 2 aromatic carbocycles. The summed E-state index contributed by atoms with van der Waals surface area (Å²) in [4.78, 5) is 84.5. The van der Waals surface area contributed by atoms with Crippen LogP contribution in [0.4, 0.5) is 0 Å². The Labute approximate surface area is 302 Å². The van der Waals surface area contributed by atoms with Gasteiger partial charge in [0.15, 0.2) is 6.61 Å². The van der Waals surface area contributed by atoms with Crippen LogP contribution >= 0.6 is 0 Å². The molecular weight excluding hydrogens is 670 g/mol. The van der Waals surface area contributed by atoms with Crippen LogP contribution in [0.3, 0.4) is 0 Å². The minimum absolute atomic E-state index is 0.0289. The molecule has 15 nitrogen and oxygen atoms in total. The van der Waals surface area contributed by atoms with Crippen molar-refractivity contribution >= 4 is 40.4 Å². The lowest BCUT2D eigenvalue weighted by Gasteiger charge is -2.26. The van der Waals surface area contributed by atoms with Gasteiger partial charge in [-0.15, -0.1) is 0 Å². The maximum atomic E-state index is 13.5. The highest BCUT2D eigenvalue weighted by Gasteiger charge is 2.30. The van der Waals surface area contributed by atoms with Gasteiger partial charge in [0.1, 0.15) is 24.4 Å². The zero-order valence-corrected chi connectivity index (χ0v) is 29.9. The van der Waals surface area contributed by atoms with Crippen molar-refractivity contribution in [3.05, 3.63) is 70.8 Å². The number of hydrogen-bond acceptors (Lipinski definition) is 9. The highest BCUT2D eigenvalue weighted by molar-refractivity contribution is 5.92. The van der Waals surface area contributed by atoms with Crippen LogP contribution in [0.2, 0.25) is 0 Å². The summed E-state index contributed by atoms with van der Waals surface area (Å²) in [6.45, 7) is 5.79. The van der Waals surface area contributed by atoms with E-state index in [1.54, 1.807) is 53.4 Å². The van der Waals surface area contributed by atoms with E-state index in [0.717, 1.165) is 0 Å². The molecule has 280 valence electrons. The Hall–Kier alpha value is -5.31. The van der Waals surface area contributed by atoms with Gasteiger partial charge in [0, 0.05) is 26.2 Å². The van der Waals surface area contributed by atoms with Crippen molar-refractivity contribution < 1.29 is 33.8 Å². The van der Waals surface area contributed by atoms with Crippen LogP contribution in [0.5, 0.6) is 5.75 Å². The minimum Gasteiger partial charge on any atom is -0.484 e. The van der Waals surface area contributed by atoms with Crippen molar-refractivity contribution in [1.82, 2.24) is 35.7 Å². The molecule has 3 atom stereocenters. The maximum Gasteiger partial charge on any atom is 0.261 e. The fraction of sp³-hybridized carbons (Fsp3) is 0.486. The topological polar surface area (TPSA) is 201 Å². The molecule has 2 bridgehead atoms. The Morgan fingerprint density at radius 1 is 0.904 bits per heavy atom. The Kier molecular flexibility index (Phi) is 14.7. The molecule has 3 aromatic rings.